The number of nitrogens with one attached hydrogen (secondary N) is 1. The molecule has 1 saturated heterocycles. The first-order valence-corrected chi connectivity index (χ1v) is 9.49. The molecule has 0 aromatic carbocycles. The largest absolute Gasteiger partial charge is 0.348 e. The van der Waals surface area contributed by atoms with Gasteiger partial charge in [-0.2, -0.15) is 0 Å². The summed E-state index contributed by atoms with van der Waals surface area (Å²) in [5, 5.41) is 3.13. The minimum atomic E-state index is -0.103. The Labute approximate surface area is 149 Å². The van der Waals surface area contributed by atoms with Crippen molar-refractivity contribution in [1.29, 1.82) is 0 Å². The number of aromatic nitrogens is 2. The molecule has 6 nitrogen and oxygen atoms in total. The molecule has 1 saturated carbocycles. The van der Waals surface area contributed by atoms with Crippen LogP contribution in [0, 0.1) is 5.92 Å². The first-order valence-electron chi connectivity index (χ1n) is 9.49. The summed E-state index contributed by atoms with van der Waals surface area (Å²) in [7, 11) is 0. The van der Waals surface area contributed by atoms with Gasteiger partial charge in [-0.1, -0.05) is 19.3 Å². The number of hydrogen-bond acceptors (Lipinski definition) is 4. The highest BCUT2D eigenvalue weighted by molar-refractivity contribution is 5.93. The SMILES string of the molecule is CC(=O)N1CCC[C@@H](Cc2nccnc2C(=O)NC2CCCCC2)C1. The molecular weight excluding hydrogens is 316 g/mol. The fourth-order valence-corrected chi connectivity index (χ4v) is 4.00. The molecule has 1 aliphatic heterocycles. The van der Waals surface area contributed by atoms with Crippen LogP contribution in [-0.4, -0.2) is 45.8 Å². The summed E-state index contributed by atoms with van der Waals surface area (Å²) in [4.78, 5) is 34.9. The van der Waals surface area contributed by atoms with Crippen molar-refractivity contribution in [3.63, 3.8) is 0 Å². The van der Waals surface area contributed by atoms with Crippen molar-refractivity contribution in [2.24, 2.45) is 5.92 Å². The molecule has 136 valence electrons. The second-order valence-electron chi connectivity index (χ2n) is 7.34. The van der Waals surface area contributed by atoms with Crippen LogP contribution in [0.2, 0.25) is 0 Å². The van der Waals surface area contributed by atoms with E-state index in [1.807, 2.05) is 4.90 Å². The van der Waals surface area contributed by atoms with Gasteiger partial charge in [0.1, 0.15) is 5.69 Å². The lowest BCUT2D eigenvalue weighted by Gasteiger charge is -2.32. The molecule has 2 heterocycles. The molecule has 2 fully saturated rings. The lowest BCUT2D eigenvalue weighted by molar-refractivity contribution is -0.130. The highest BCUT2D eigenvalue weighted by Gasteiger charge is 2.25. The van der Waals surface area contributed by atoms with Gasteiger partial charge in [0.15, 0.2) is 0 Å². The van der Waals surface area contributed by atoms with Gasteiger partial charge in [0, 0.05) is 38.4 Å². The van der Waals surface area contributed by atoms with E-state index in [2.05, 4.69) is 15.3 Å². The molecule has 2 amide bonds. The first-order chi connectivity index (χ1) is 12.1. The van der Waals surface area contributed by atoms with E-state index >= 15 is 0 Å². The minimum Gasteiger partial charge on any atom is -0.348 e. The van der Waals surface area contributed by atoms with Crippen molar-refractivity contribution in [3.05, 3.63) is 23.8 Å². The van der Waals surface area contributed by atoms with Gasteiger partial charge in [0.25, 0.3) is 5.91 Å². The van der Waals surface area contributed by atoms with Crippen molar-refractivity contribution in [2.45, 2.75) is 64.3 Å². The van der Waals surface area contributed by atoms with Crippen LogP contribution in [0.15, 0.2) is 12.4 Å². The van der Waals surface area contributed by atoms with Gasteiger partial charge >= 0.3 is 0 Å². The predicted molar refractivity (Wildman–Crippen MR) is 95.1 cm³/mol. The Morgan fingerprint density at radius 2 is 1.88 bits per heavy atom. The maximum Gasteiger partial charge on any atom is 0.271 e. The Morgan fingerprint density at radius 1 is 1.12 bits per heavy atom. The predicted octanol–water partition coefficient (Wildman–Crippen LogP) is 2.34. The molecule has 25 heavy (non-hydrogen) atoms. The summed E-state index contributed by atoms with van der Waals surface area (Å²) in [6.07, 6.45) is 11.7. The summed E-state index contributed by atoms with van der Waals surface area (Å²) >= 11 is 0. The molecule has 3 rings (SSSR count). The van der Waals surface area contributed by atoms with Gasteiger partial charge in [-0.3, -0.25) is 14.6 Å². The van der Waals surface area contributed by atoms with Crippen molar-refractivity contribution in [3.8, 4) is 0 Å². The van der Waals surface area contributed by atoms with Crippen molar-refractivity contribution >= 4 is 11.8 Å². The van der Waals surface area contributed by atoms with Gasteiger partial charge in [-0.15, -0.1) is 0 Å². The van der Waals surface area contributed by atoms with E-state index in [0.717, 1.165) is 44.5 Å². The third-order valence-electron chi connectivity index (χ3n) is 5.38. The molecule has 0 spiro atoms. The summed E-state index contributed by atoms with van der Waals surface area (Å²) in [6, 6.07) is 0.263. The number of piperidine rings is 1. The van der Waals surface area contributed by atoms with Gasteiger partial charge in [-0.05, 0) is 38.0 Å². The number of likely N-dealkylation sites (tertiary alicyclic amines) is 1. The van der Waals surface area contributed by atoms with Crippen molar-refractivity contribution in [1.82, 2.24) is 20.2 Å². The van der Waals surface area contributed by atoms with Crippen molar-refractivity contribution in [2.75, 3.05) is 13.1 Å². The molecule has 1 aliphatic carbocycles. The number of hydrogen-bond donors (Lipinski definition) is 1. The number of rotatable bonds is 4. The standard InChI is InChI=1S/C19H28N4O2/c1-14(24)23-11-5-6-15(13-23)12-17-18(21-10-9-20-17)19(25)22-16-7-3-2-4-8-16/h9-10,15-16H,2-8,11-13H2,1H3,(H,22,25)/t15-/m0/s1. The number of carbonyl (C=O) groups excluding carboxylic acids is 2. The molecule has 0 unspecified atom stereocenters. The first kappa shape index (κ1) is 17.8. The molecule has 0 radical (unpaired) electrons. The molecule has 2 aliphatic rings. The van der Waals surface area contributed by atoms with Gasteiger partial charge in [-0.25, -0.2) is 4.98 Å². The van der Waals surface area contributed by atoms with Crippen molar-refractivity contribution < 1.29 is 9.59 Å². The third kappa shape index (κ3) is 4.77. The quantitative estimate of drug-likeness (QED) is 0.910. The van der Waals surface area contributed by atoms with Crippen LogP contribution < -0.4 is 5.32 Å². The highest BCUT2D eigenvalue weighted by Crippen LogP contribution is 2.22. The maximum absolute atomic E-state index is 12.7. The highest BCUT2D eigenvalue weighted by atomic mass is 16.2. The Bertz CT molecular complexity index is 613. The van der Waals surface area contributed by atoms with E-state index in [9.17, 15) is 9.59 Å². The van der Waals surface area contributed by atoms with Crippen LogP contribution in [0.5, 0.6) is 0 Å². The zero-order valence-electron chi connectivity index (χ0n) is 15.0. The number of amides is 2. The Kier molecular flexibility index (Phi) is 6.00. The Morgan fingerprint density at radius 3 is 2.64 bits per heavy atom. The second kappa shape index (κ2) is 8.41. The van der Waals surface area contributed by atoms with Gasteiger partial charge in [0.2, 0.25) is 5.91 Å². The fourth-order valence-electron chi connectivity index (χ4n) is 4.00. The van der Waals surface area contributed by atoms with Crippen LogP contribution in [0.4, 0.5) is 0 Å². The molecule has 1 aromatic rings. The monoisotopic (exact) mass is 344 g/mol. The Hall–Kier alpha value is -1.98. The van der Waals surface area contributed by atoms with E-state index in [-0.39, 0.29) is 17.9 Å². The van der Waals surface area contributed by atoms with E-state index in [0.29, 0.717) is 18.0 Å². The van der Waals surface area contributed by atoms with Gasteiger partial charge < -0.3 is 10.2 Å². The lowest BCUT2D eigenvalue weighted by Crippen LogP contribution is -2.40. The molecule has 1 N–H and O–H groups in total. The minimum absolute atomic E-state index is 0.103. The maximum atomic E-state index is 12.7. The van der Waals surface area contributed by atoms with E-state index in [1.165, 1.54) is 19.3 Å². The van der Waals surface area contributed by atoms with E-state index in [1.54, 1.807) is 19.3 Å². The summed E-state index contributed by atoms with van der Waals surface area (Å²) in [6.45, 7) is 3.20. The second-order valence-corrected chi connectivity index (χ2v) is 7.34. The fraction of sp³-hybridized carbons (Fsp3) is 0.684. The normalized spacial score (nSPS) is 21.8. The molecular formula is C19H28N4O2. The lowest BCUT2D eigenvalue weighted by atomic mass is 9.92. The Balaban J connectivity index is 1.65. The topological polar surface area (TPSA) is 75.2 Å². The zero-order valence-corrected chi connectivity index (χ0v) is 15.0. The van der Waals surface area contributed by atoms with Crippen LogP contribution in [0.1, 0.15) is 68.1 Å². The summed E-state index contributed by atoms with van der Waals surface area (Å²) < 4.78 is 0. The molecule has 1 aromatic heterocycles. The zero-order chi connectivity index (χ0) is 17.6. The van der Waals surface area contributed by atoms with Crippen LogP contribution >= 0.6 is 0 Å². The molecule has 1 atom stereocenters. The number of nitrogens with zero attached hydrogens (tertiary/aromatic N) is 3. The molecule has 0 bridgehead atoms. The van der Waals surface area contributed by atoms with Crippen LogP contribution in [0.3, 0.4) is 0 Å². The summed E-state index contributed by atoms with van der Waals surface area (Å²) in [5.74, 6) is 0.365. The molecule has 6 heteroatoms. The average molecular weight is 344 g/mol. The number of carbonyl (C=O) groups is 2. The van der Waals surface area contributed by atoms with Crippen LogP contribution in [0.25, 0.3) is 0 Å². The smallest absolute Gasteiger partial charge is 0.271 e. The van der Waals surface area contributed by atoms with E-state index in [4.69, 9.17) is 0 Å². The third-order valence-corrected chi connectivity index (χ3v) is 5.38. The van der Waals surface area contributed by atoms with Crippen LogP contribution in [-0.2, 0) is 11.2 Å². The van der Waals surface area contributed by atoms with Gasteiger partial charge in [0.05, 0.1) is 5.69 Å². The average Bonchev–Trinajstić information content (AvgIpc) is 2.63. The van der Waals surface area contributed by atoms with E-state index < -0.39 is 0 Å². The summed E-state index contributed by atoms with van der Waals surface area (Å²) in [5.41, 5.74) is 1.21.